The number of likely N-dealkylation sites (N-methyl/N-ethyl adjacent to an activating group) is 1. The van der Waals surface area contributed by atoms with E-state index < -0.39 is 22.6 Å². The standard InChI is InChI=1S/C24H29ClN2O5S/c1-26(16-18-9-5-3-6-10-18)33(30,31)20-13-14-22(25)21(15-20)24(29)32-17-23(28)27(2)19-11-7-4-8-12-19/h3,5-6,9-10,13-15,19H,4,7-8,11-12,16-17H2,1-2H3. The van der Waals surface area contributed by atoms with Gasteiger partial charge in [-0.2, -0.15) is 4.31 Å². The SMILES string of the molecule is CN(C(=O)COC(=O)c1cc(S(=O)(=O)N(C)Cc2ccccc2)ccc1Cl)C1CCCCC1. The lowest BCUT2D eigenvalue weighted by Crippen LogP contribution is -2.40. The molecule has 178 valence electrons. The van der Waals surface area contributed by atoms with Gasteiger partial charge in [0.05, 0.1) is 15.5 Å². The molecule has 33 heavy (non-hydrogen) atoms. The molecule has 0 aromatic heterocycles. The fourth-order valence-corrected chi connectivity index (χ4v) is 5.29. The minimum absolute atomic E-state index is 0.0535. The average molecular weight is 493 g/mol. The average Bonchev–Trinajstić information content (AvgIpc) is 2.83. The molecule has 0 spiro atoms. The minimum Gasteiger partial charge on any atom is -0.452 e. The molecule has 1 amide bonds. The van der Waals surface area contributed by atoms with E-state index in [4.69, 9.17) is 16.3 Å². The monoisotopic (exact) mass is 492 g/mol. The van der Waals surface area contributed by atoms with Crippen molar-refractivity contribution < 1.29 is 22.7 Å². The van der Waals surface area contributed by atoms with E-state index in [2.05, 4.69) is 0 Å². The molecule has 0 aliphatic heterocycles. The van der Waals surface area contributed by atoms with Crippen molar-refractivity contribution in [1.29, 1.82) is 0 Å². The van der Waals surface area contributed by atoms with Crippen molar-refractivity contribution in [2.45, 2.75) is 49.6 Å². The van der Waals surface area contributed by atoms with Crippen molar-refractivity contribution in [3.8, 4) is 0 Å². The summed E-state index contributed by atoms with van der Waals surface area (Å²) in [6.45, 7) is -0.249. The quantitative estimate of drug-likeness (QED) is 0.518. The van der Waals surface area contributed by atoms with Crippen LogP contribution in [0.4, 0.5) is 0 Å². The maximum absolute atomic E-state index is 13.0. The van der Waals surface area contributed by atoms with E-state index >= 15 is 0 Å². The summed E-state index contributed by atoms with van der Waals surface area (Å²) in [6, 6.07) is 13.2. The zero-order valence-electron chi connectivity index (χ0n) is 18.9. The van der Waals surface area contributed by atoms with Crippen molar-refractivity contribution in [3.05, 3.63) is 64.7 Å². The minimum atomic E-state index is -3.88. The molecule has 7 nitrogen and oxygen atoms in total. The van der Waals surface area contributed by atoms with Gasteiger partial charge in [-0.3, -0.25) is 4.79 Å². The Hall–Kier alpha value is -2.42. The van der Waals surface area contributed by atoms with Crippen molar-refractivity contribution in [3.63, 3.8) is 0 Å². The van der Waals surface area contributed by atoms with Gasteiger partial charge in [0.25, 0.3) is 5.91 Å². The number of benzene rings is 2. The molecule has 0 saturated heterocycles. The Labute approximate surface area is 200 Å². The predicted octanol–water partition coefficient (Wildman–Crippen LogP) is 4.11. The van der Waals surface area contributed by atoms with Crippen LogP contribution < -0.4 is 0 Å². The molecule has 1 fully saturated rings. The molecule has 9 heteroatoms. The van der Waals surface area contributed by atoms with Crippen LogP contribution in [0.1, 0.15) is 48.0 Å². The Morgan fingerprint density at radius 1 is 1.03 bits per heavy atom. The third-order valence-corrected chi connectivity index (χ3v) is 8.09. The topological polar surface area (TPSA) is 84.0 Å². The summed E-state index contributed by atoms with van der Waals surface area (Å²) in [5, 5.41) is 0.0535. The molecule has 1 aliphatic rings. The summed E-state index contributed by atoms with van der Waals surface area (Å²) in [5.74, 6) is -1.13. The number of rotatable bonds is 8. The summed E-state index contributed by atoms with van der Waals surface area (Å²) in [6.07, 6.45) is 5.22. The second-order valence-corrected chi connectivity index (χ2v) is 10.7. The van der Waals surface area contributed by atoms with Crippen LogP contribution in [-0.4, -0.2) is 56.2 Å². The van der Waals surface area contributed by atoms with E-state index in [0.717, 1.165) is 31.2 Å². The van der Waals surface area contributed by atoms with Crippen molar-refractivity contribution >= 4 is 33.5 Å². The van der Waals surface area contributed by atoms with Gasteiger partial charge in [-0.15, -0.1) is 0 Å². The molecule has 2 aromatic rings. The van der Waals surface area contributed by atoms with Crippen LogP contribution in [0.3, 0.4) is 0 Å². The van der Waals surface area contributed by atoms with E-state index in [1.165, 1.54) is 36.0 Å². The van der Waals surface area contributed by atoms with E-state index in [1.54, 1.807) is 11.9 Å². The fourth-order valence-electron chi connectivity index (χ4n) is 3.91. The van der Waals surface area contributed by atoms with E-state index in [0.29, 0.717) is 0 Å². The number of carbonyl (C=O) groups excluding carboxylic acids is 2. The Balaban J connectivity index is 1.68. The van der Waals surface area contributed by atoms with Crippen LogP contribution in [0.25, 0.3) is 0 Å². The molecule has 3 rings (SSSR count). The van der Waals surface area contributed by atoms with Crippen molar-refractivity contribution in [2.75, 3.05) is 20.7 Å². The number of carbonyl (C=O) groups is 2. The second kappa shape index (κ2) is 11.1. The Morgan fingerprint density at radius 3 is 2.36 bits per heavy atom. The van der Waals surface area contributed by atoms with Gasteiger partial charge in [-0.25, -0.2) is 13.2 Å². The lowest BCUT2D eigenvalue weighted by molar-refractivity contribution is -0.135. The first-order valence-corrected chi connectivity index (χ1v) is 12.7. The number of ether oxygens (including phenoxy) is 1. The van der Waals surface area contributed by atoms with Crippen LogP contribution in [0.15, 0.2) is 53.4 Å². The molecule has 1 aliphatic carbocycles. The van der Waals surface area contributed by atoms with E-state index in [-0.39, 0.29) is 34.0 Å². The molecule has 0 bridgehead atoms. The van der Waals surface area contributed by atoms with Crippen molar-refractivity contribution in [2.24, 2.45) is 0 Å². The molecular formula is C24H29ClN2O5S. The van der Waals surface area contributed by atoms with E-state index in [9.17, 15) is 18.0 Å². The normalized spacial score (nSPS) is 14.8. The van der Waals surface area contributed by atoms with Gasteiger partial charge in [0.15, 0.2) is 6.61 Å². The Bertz CT molecular complexity index is 1090. The zero-order chi connectivity index (χ0) is 24.0. The number of sulfonamides is 1. The zero-order valence-corrected chi connectivity index (χ0v) is 20.4. The lowest BCUT2D eigenvalue weighted by Gasteiger charge is -2.31. The number of nitrogens with zero attached hydrogens (tertiary/aromatic N) is 2. The molecule has 2 aromatic carbocycles. The highest BCUT2D eigenvalue weighted by Gasteiger charge is 2.26. The van der Waals surface area contributed by atoms with Crippen LogP contribution >= 0.6 is 11.6 Å². The summed E-state index contributed by atoms with van der Waals surface area (Å²) >= 11 is 6.15. The fraction of sp³-hybridized carbons (Fsp3) is 0.417. The third-order valence-electron chi connectivity index (χ3n) is 5.96. The van der Waals surface area contributed by atoms with E-state index in [1.807, 2.05) is 30.3 Å². The molecule has 0 N–H and O–H groups in total. The summed E-state index contributed by atoms with van der Waals surface area (Å²) in [4.78, 5) is 26.6. The summed E-state index contributed by atoms with van der Waals surface area (Å²) < 4.78 is 32.4. The van der Waals surface area contributed by atoms with Crippen molar-refractivity contribution in [1.82, 2.24) is 9.21 Å². The largest absolute Gasteiger partial charge is 0.452 e. The second-order valence-electron chi connectivity index (χ2n) is 8.26. The first-order chi connectivity index (χ1) is 15.7. The number of esters is 1. The Morgan fingerprint density at radius 2 is 1.70 bits per heavy atom. The number of amides is 1. The maximum Gasteiger partial charge on any atom is 0.340 e. The summed E-state index contributed by atoms with van der Waals surface area (Å²) in [5.41, 5.74) is 0.733. The molecule has 1 saturated carbocycles. The molecule has 0 heterocycles. The molecular weight excluding hydrogens is 464 g/mol. The number of hydrogen-bond acceptors (Lipinski definition) is 5. The molecule has 0 unspecified atom stereocenters. The predicted molar refractivity (Wildman–Crippen MR) is 126 cm³/mol. The highest BCUT2D eigenvalue weighted by molar-refractivity contribution is 7.89. The Kier molecular flexibility index (Phi) is 8.51. The first kappa shape index (κ1) is 25.2. The maximum atomic E-state index is 13.0. The van der Waals surface area contributed by atoms with Gasteiger partial charge < -0.3 is 9.64 Å². The van der Waals surface area contributed by atoms with Gasteiger partial charge in [0.2, 0.25) is 10.0 Å². The first-order valence-electron chi connectivity index (χ1n) is 10.9. The number of hydrogen-bond donors (Lipinski definition) is 0. The highest BCUT2D eigenvalue weighted by atomic mass is 35.5. The van der Waals surface area contributed by atoms with Crippen LogP contribution in [0.5, 0.6) is 0 Å². The number of halogens is 1. The smallest absolute Gasteiger partial charge is 0.340 e. The summed E-state index contributed by atoms with van der Waals surface area (Å²) in [7, 11) is -0.693. The van der Waals surface area contributed by atoms with Gasteiger partial charge in [-0.1, -0.05) is 61.2 Å². The van der Waals surface area contributed by atoms with Gasteiger partial charge in [0.1, 0.15) is 0 Å². The highest BCUT2D eigenvalue weighted by Crippen LogP contribution is 2.25. The molecule has 0 radical (unpaired) electrons. The van der Waals surface area contributed by atoms with Gasteiger partial charge in [-0.05, 0) is 36.6 Å². The molecule has 0 atom stereocenters. The van der Waals surface area contributed by atoms with Crippen LogP contribution in [0.2, 0.25) is 5.02 Å². The van der Waals surface area contributed by atoms with Crippen LogP contribution in [-0.2, 0) is 26.1 Å². The lowest BCUT2D eigenvalue weighted by atomic mass is 9.94. The van der Waals surface area contributed by atoms with Crippen LogP contribution in [0, 0.1) is 0 Å². The van der Waals surface area contributed by atoms with Gasteiger partial charge >= 0.3 is 5.97 Å². The van der Waals surface area contributed by atoms with Gasteiger partial charge in [0, 0.05) is 26.7 Å². The third kappa shape index (κ3) is 6.34.